The van der Waals surface area contributed by atoms with Gasteiger partial charge in [0, 0.05) is 16.8 Å². The number of nitrogens with zero attached hydrogens (tertiary/aromatic N) is 1. The number of carbonyl (C=O) groups excluding carboxylic acids is 2. The van der Waals surface area contributed by atoms with Gasteiger partial charge in [-0.3, -0.25) is 19.3 Å². The molecule has 32 heavy (non-hydrogen) atoms. The number of hydrogen-bond donors (Lipinski definition) is 0. The summed E-state index contributed by atoms with van der Waals surface area (Å²) in [6.07, 6.45) is 0. The third-order valence-electron chi connectivity index (χ3n) is 5.58. The molecule has 2 heterocycles. The highest BCUT2D eigenvalue weighted by atomic mass is 19.1. The van der Waals surface area contributed by atoms with Crippen LogP contribution in [-0.2, 0) is 0 Å². The average molecular weight is 431 g/mol. The van der Waals surface area contributed by atoms with Gasteiger partial charge in [-0.2, -0.15) is 0 Å². The van der Waals surface area contributed by atoms with E-state index in [2.05, 4.69) is 0 Å². The van der Waals surface area contributed by atoms with E-state index in [1.807, 2.05) is 0 Å². The summed E-state index contributed by atoms with van der Waals surface area (Å²) >= 11 is 0. The van der Waals surface area contributed by atoms with E-state index in [1.165, 1.54) is 36.1 Å². The number of benzene rings is 3. The number of ketones is 1. The minimum absolute atomic E-state index is 0.0355. The maximum absolute atomic E-state index is 14.9. The van der Waals surface area contributed by atoms with Gasteiger partial charge >= 0.3 is 0 Å². The van der Waals surface area contributed by atoms with Crippen molar-refractivity contribution in [1.82, 2.24) is 0 Å². The van der Waals surface area contributed by atoms with Gasteiger partial charge in [0.15, 0.2) is 11.2 Å². The minimum Gasteiger partial charge on any atom is -0.450 e. The number of hydrogen-bond acceptors (Lipinski definition) is 4. The lowest BCUT2D eigenvalue weighted by Gasteiger charge is -2.25. The molecule has 5 rings (SSSR count). The molecule has 0 aliphatic carbocycles. The summed E-state index contributed by atoms with van der Waals surface area (Å²) in [4.78, 5) is 39.7. The second-order valence-electron chi connectivity index (χ2n) is 7.52. The number of carbonyl (C=O) groups is 2. The molecule has 1 unspecified atom stereocenters. The lowest BCUT2D eigenvalue weighted by atomic mass is 9.97. The molecule has 0 N–H and O–H groups in total. The zero-order valence-corrected chi connectivity index (χ0v) is 16.8. The molecule has 4 aromatic rings. The topological polar surface area (TPSA) is 67.6 Å². The standard InChI is InChI=1S/C25H15F2NO4/c1-13(29)14-6-9-16(10-7-14)28-22(17-4-2-3-5-19(17)27)21-23(30)18-12-15(26)8-11-20(18)32-24(21)25(28)31/h2-12,22H,1H3. The molecular formula is C25H15F2NO4. The Kier molecular flexibility index (Phi) is 4.48. The molecule has 0 bridgehead atoms. The van der Waals surface area contributed by atoms with Gasteiger partial charge in [0.1, 0.15) is 17.2 Å². The molecule has 1 aromatic heterocycles. The van der Waals surface area contributed by atoms with Crippen LogP contribution in [0.25, 0.3) is 11.0 Å². The molecule has 1 aliphatic heterocycles. The van der Waals surface area contributed by atoms with Crippen LogP contribution in [0.15, 0.2) is 75.9 Å². The molecule has 1 amide bonds. The van der Waals surface area contributed by atoms with Crippen LogP contribution in [-0.4, -0.2) is 11.7 Å². The molecule has 0 spiro atoms. The number of amides is 1. The highest BCUT2D eigenvalue weighted by molar-refractivity contribution is 6.11. The zero-order valence-electron chi connectivity index (χ0n) is 16.8. The molecule has 7 heteroatoms. The fourth-order valence-electron chi connectivity index (χ4n) is 4.06. The Hall–Kier alpha value is -4.13. The maximum Gasteiger partial charge on any atom is 0.295 e. The first-order valence-electron chi connectivity index (χ1n) is 9.82. The van der Waals surface area contributed by atoms with Crippen molar-refractivity contribution < 1.29 is 22.8 Å². The number of anilines is 1. The molecule has 1 aliphatic rings. The largest absolute Gasteiger partial charge is 0.450 e. The van der Waals surface area contributed by atoms with Crippen molar-refractivity contribution in [1.29, 1.82) is 0 Å². The number of fused-ring (bicyclic) bond motifs is 2. The van der Waals surface area contributed by atoms with E-state index < -0.39 is 29.0 Å². The van der Waals surface area contributed by atoms with E-state index in [0.29, 0.717) is 11.3 Å². The van der Waals surface area contributed by atoms with Crippen molar-refractivity contribution in [2.75, 3.05) is 4.90 Å². The molecule has 3 aromatic carbocycles. The van der Waals surface area contributed by atoms with Crippen molar-refractivity contribution in [3.63, 3.8) is 0 Å². The molecule has 1 atom stereocenters. The highest BCUT2D eigenvalue weighted by Crippen LogP contribution is 2.42. The fourth-order valence-corrected chi connectivity index (χ4v) is 4.06. The summed E-state index contributed by atoms with van der Waals surface area (Å²) in [5.41, 5.74) is 0.284. The molecule has 0 fully saturated rings. The molecule has 5 nitrogen and oxygen atoms in total. The third-order valence-corrected chi connectivity index (χ3v) is 5.58. The van der Waals surface area contributed by atoms with Crippen LogP contribution in [0.4, 0.5) is 14.5 Å². The van der Waals surface area contributed by atoms with Gasteiger partial charge in [0.2, 0.25) is 5.76 Å². The van der Waals surface area contributed by atoms with Gasteiger partial charge in [-0.1, -0.05) is 18.2 Å². The van der Waals surface area contributed by atoms with Gasteiger partial charge in [0.25, 0.3) is 5.91 Å². The summed E-state index contributed by atoms with van der Waals surface area (Å²) < 4.78 is 34.4. The monoisotopic (exact) mass is 431 g/mol. The predicted octanol–water partition coefficient (Wildman–Crippen LogP) is 5.02. The highest BCUT2D eigenvalue weighted by Gasteiger charge is 2.44. The molecular weight excluding hydrogens is 416 g/mol. The maximum atomic E-state index is 14.9. The Morgan fingerprint density at radius 3 is 2.38 bits per heavy atom. The summed E-state index contributed by atoms with van der Waals surface area (Å²) in [7, 11) is 0. The van der Waals surface area contributed by atoms with Crippen LogP contribution in [0.5, 0.6) is 0 Å². The van der Waals surface area contributed by atoms with Crippen LogP contribution >= 0.6 is 0 Å². The number of rotatable bonds is 3. The summed E-state index contributed by atoms with van der Waals surface area (Å²) in [6.45, 7) is 1.42. The Bertz CT molecular complexity index is 1470. The van der Waals surface area contributed by atoms with E-state index in [-0.39, 0.29) is 33.6 Å². The lowest BCUT2D eigenvalue weighted by Crippen LogP contribution is -2.30. The zero-order chi connectivity index (χ0) is 22.6. The number of Topliss-reactive ketones (excluding diaryl/α,β-unsaturated/α-hetero) is 1. The normalized spacial score (nSPS) is 15.3. The predicted molar refractivity (Wildman–Crippen MR) is 114 cm³/mol. The Morgan fingerprint density at radius 2 is 1.69 bits per heavy atom. The minimum atomic E-state index is -1.12. The number of halogens is 2. The summed E-state index contributed by atoms with van der Waals surface area (Å²) in [5.74, 6) is -2.25. The third kappa shape index (κ3) is 2.93. The Morgan fingerprint density at radius 1 is 0.969 bits per heavy atom. The first kappa shape index (κ1) is 19.8. The van der Waals surface area contributed by atoms with E-state index in [9.17, 15) is 23.2 Å². The molecule has 158 valence electrons. The van der Waals surface area contributed by atoms with E-state index in [1.54, 1.807) is 30.3 Å². The van der Waals surface area contributed by atoms with Crippen molar-refractivity contribution in [3.8, 4) is 0 Å². The van der Waals surface area contributed by atoms with E-state index in [4.69, 9.17) is 4.42 Å². The molecule has 0 saturated heterocycles. The first-order chi connectivity index (χ1) is 15.4. The van der Waals surface area contributed by atoms with Crippen molar-refractivity contribution in [2.24, 2.45) is 0 Å². The molecule has 0 saturated carbocycles. The Labute approximate surface area is 180 Å². The SMILES string of the molecule is CC(=O)c1ccc(N2C(=O)c3oc4ccc(F)cc4c(=O)c3C2c2ccccc2F)cc1. The first-order valence-corrected chi connectivity index (χ1v) is 9.82. The van der Waals surface area contributed by atoms with Gasteiger partial charge in [0.05, 0.1) is 17.0 Å². The molecule has 0 radical (unpaired) electrons. The lowest BCUT2D eigenvalue weighted by molar-refractivity contribution is 0.0970. The van der Waals surface area contributed by atoms with Gasteiger partial charge in [-0.25, -0.2) is 8.78 Å². The van der Waals surface area contributed by atoms with Crippen LogP contribution in [0, 0.1) is 11.6 Å². The summed E-state index contributed by atoms with van der Waals surface area (Å²) in [5, 5.41) is -0.0355. The van der Waals surface area contributed by atoms with Crippen LogP contribution in [0.3, 0.4) is 0 Å². The second-order valence-corrected chi connectivity index (χ2v) is 7.52. The van der Waals surface area contributed by atoms with Crippen molar-refractivity contribution >= 4 is 28.3 Å². The Balaban J connectivity index is 1.80. The van der Waals surface area contributed by atoms with Crippen LogP contribution in [0.1, 0.15) is 45.0 Å². The quantitative estimate of drug-likeness (QED) is 0.427. The van der Waals surface area contributed by atoms with Gasteiger partial charge < -0.3 is 4.42 Å². The van der Waals surface area contributed by atoms with Gasteiger partial charge in [-0.05, 0) is 55.5 Å². The van der Waals surface area contributed by atoms with Gasteiger partial charge in [-0.15, -0.1) is 0 Å². The summed E-state index contributed by atoms with van der Waals surface area (Å²) in [6, 6.07) is 14.3. The van der Waals surface area contributed by atoms with Crippen molar-refractivity contribution in [3.05, 3.63) is 111 Å². The average Bonchev–Trinajstić information content (AvgIpc) is 3.07. The fraction of sp³-hybridized carbons (Fsp3) is 0.0800. The van der Waals surface area contributed by atoms with E-state index in [0.717, 1.165) is 12.1 Å². The van der Waals surface area contributed by atoms with Crippen LogP contribution < -0.4 is 10.3 Å². The smallest absolute Gasteiger partial charge is 0.295 e. The van der Waals surface area contributed by atoms with Crippen LogP contribution in [0.2, 0.25) is 0 Å². The van der Waals surface area contributed by atoms with Crippen molar-refractivity contribution in [2.45, 2.75) is 13.0 Å². The van der Waals surface area contributed by atoms with E-state index >= 15 is 0 Å². The second kappa shape index (κ2) is 7.23.